The predicted molar refractivity (Wildman–Crippen MR) is 59.1 cm³/mol. The smallest absolute Gasteiger partial charge is 0.224 e. The van der Waals surface area contributed by atoms with Gasteiger partial charge in [-0.15, -0.1) is 0 Å². The summed E-state index contributed by atoms with van der Waals surface area (Å²) < 4.78 is 5.20. The summed E-state index contributed by atoms with van der Waals surface area (Å²) in [5.74, 6) is 0.213. The molecule has 1 unspecified atom stereocenters. The largest absolute Gasteiger partial charge is 0.392 e. The summed E-state index contributed by atoms with van der Waals surface area (Å²) in [7, 11) is 0. The third-order valence-electron chi connectivity index (χ3n) is 3.25. The second-order valence-electron chi connectivity index (χ2n) is 4.49. The van der Waals surface area contributed by atoms with Crippen molar-refractivity contribution in [3.05, 3.63) is 0 Å². The standard InChI is InChI=1S/C11H20N2O3/c14-10-1-3-12(9-10)4-2-11(15)13-5-7-16-8-6-13/h10,14H,1-9H2. The maximum atomic E-state index is 11.8. The molecule has 16 heavy (non-hydrogen) atoms. The molecule has 0 spiro atoms. The SMILES string of the molecule is O=C(CCN1CCC(O)C1)N1CCOCC1. The lowest BCUT2D eigenvalue weighted by atomic mass is 10.3. The lowest BCUT2D eigenvalue weighted by Gasteiger charge is -2.27. The van der Waals surface area contributed by atoms with E-state index < -0.39 is 0 Å². The zero-order chi connectivity index (χ0) is 11.4. The van der Waals surface area contributed by atoms with Gasteiger partial charge in [-0.1, -0.05) is 0 Å². The Morgan fingerprint density at radius 2 is 2.06 bits per heavy atom. The molecule has 1 atom stereocenters. The number of nitrogens with zero attached hydrogens (tertiary/aromatic N) is 2. The van der Waals surface area contributed by atoms with Crippen molar-refractivity contribution >= 4 is 5.91 Å². The molecule has 2 aliphatic rings. The predicted octanol–water partition coefficient (Wildman–Crippen LogP) is -0.698. The van der Waals surface area contributed by atoms with Crippen LogP contribution in [0.1, 0.15) is 12.8 Å². The van der Waals surface area contributed by atoms with Crippen LogP contribution < -0.4 is 0 Å². The number of ether oxygens (including phenoxy) is 1. The van der Waals surface area contributed by atoms with Crippen molar-refractivity contribution < 1.29 is 14.6 Å². The number of aliphatic hydroxyl groups is 1. The molecule has 2 heterocycles. The second kappa shape index (κ2) is 5.61. The van der Waals surface area contributed by atoms with E-state index in [-0.39, 0.29) is 12.0 Å². The number of carbonyl (C=O) groups is 1. The molecule has 0 bridgehead atoms. The Kier molecular flexibility index (Phi) is 4.15. The number of carbonyl (C=O) groups excluding carboxylic acids is 1. The minimum Gasteiger partial charge on any atom is -0.392 e. The van der Waals surface area contributed by atoms with E-state index in [1.165, 1.54) is 0 Å². The molecular formula is C11H20N2O3. The highest BCUT2D eigenvalue weighted by Gasteiger charge is 2.22. The van der Waals surface area contributed by atoms with Crippen molar-refractivity contribution in [1.82, 2.24) is 9.80 Å². The van der Waals surface area contributed by atoms with E-state index in [1.807, 2.05) is 4.90 Å². The fourth-order valence-electron chi connectivity index (χ4n) is 2.24. The van der Waals surface area contributed by atoms with Gasteiger partial charge < -0.3 is 19.6 Å². The number of amides is 1. The van der Waals surface area contributed by atoms with E-state index in [4.69, 9.17) is 4.74 Å². The lowest BCUT2D eigenvalue weighted by molar-refractivity contribution is -0.135. The van der Waals surface area contributed by atoms with Gasteiger partial charge in [-0.2, -0.15) is 0 Å². The fourth-order valence-corrected chi connectivity index (χ4v) is 2.24. The number of morpholine rings is 1. The zero-order valence-electron chi connectivity index (χ0n) is 9.60. The minimum absolute atomic E-state index is 0.196. The van der Waals surface area contributed by atoms with Gasteiger partial charge in [0.1, 0.15) is 0 Å². The number of rotatable bonds is 3. The fraction of sp³-hybridized carbons (Fsp3) is 0.909. The second-order valence-corrected chi connectivity index (χ2v) is 4.49. The van der Waals surface area contributed by atoms with Crippen LogP contribution in [0.2, 0.25) is 0 Å². The number of β-amino-alcohol motifs (C(OH)–C–C–N with tert-alkyl or cyclic N) is 1. The van der Waals surface area contributed by atoms with Crippen LogP contribution in [-0.2, 0) is 9.53 Å². The van der Waals surface area contributed by atoms with Crippen LogP contribution in [0.5, 0.6) is 0 Å². The molecule has 0 aromatic carbocycles. The van der Waals surface area contributed by atoms with Gasteiger partial charge in [-0.3, -0.25) is 4.79 Å². The van der Waals surface area contributed by atoms with Crippen LogP contribution in [0, 0.1) is 0 Å². The normalized spacial score (nSPS) is 27.3. The molecule has 2 fully saturated rings. The Bertz CT molecular complexity index is 241. The third kappa shape index (κ3) is 3.17. The Labute approximate surface area is 96.0 Å². The van der Waals surface area contributed by atoms with Crippen molar-refractivity contribution in [2.45, 2.75) is 18.9 Å². The molecule has 2 aliphatic heterocycles. The van der Waals surface area contributed by atoms with E-state index in [0.29, 0.717) is 19.6 Å². The van der Waals surface area contributed by atoms with Crippen molar-refractivity contribution in [3.8, 4) is 0 Å². The molecule has 5 nitrogen and oxygen atoms in total. The summed E-state index contributed by atoms with van der Waals surface area (Å²) in [5.41, 5.74) is 0. The van der Waals surface area contributed by atoms with Gasteiger partial charge in [0.2, 0.25) is 5.91 Å². The van der Waals surface area contributed by atoms with Crippen molar-refractivity contribution in [2.75, 3.05) is 45.9 Å². The first-order valence-electron chi connectivity index (χ1n) is 6.01. The van der Waals surface area contributed by atoms with Gasteiger partial charge in [0, 0.05) is 39.1 Å². The molecule has 2 saturated heterocycles. The number of likely N-dealkylation sites (tertiary alicyclic amines) is 1. The Balaban J connectivity index is 1.66. The zero-order valence-corrected chi connectivity index (χ0v) is 9.60. The lowest BCUT2D eigenvalue weighted by Crippen LogP contribution is -2.41. The Hall–Kier alpha value is -0.650. The summed E-state index contributed by atoms with van der Waals surface area (Å²) in [6, 6.07) is 0. The third-order valence-corrected chi connectivity index (χ3v) is 3.25. The first-order valence-corrected chi connectivity index (χ1v) is 6.01. The molecule has 2 rings (SSSR count). The first kappa shape index (κ1) is 11.8. The molecule has 0 radical (unpaired) electrons. The molecule has 0 aliphatic carbocycles. The maximum Gasteiger partial charge on any atom is 0.224 e. The first-order chi connectivity index (χ1) is 7.75. The average molecular weight is 228 g/mol. The minimum atomic E-state index is -0.196. The molecular weight excluding hydrogens is 208 g/mol. The van der Waals surface area contributed by atoms with Crippen LogP contribution in [0.25, 0.3) is 0 Å². The summed E-state index contributed by atoms with van der Waals surface area (Å²) in [6.07, 6.45) is 1.21. The quantitative estimate of drug-likeness (QED) is 0.694. The summed E-state index contributed by atoms with van der Waals surface area (Å²) in [6.45, 7) is 5.17. The van der Waals surface area contributed by atoms with Gasteiger partial charge in [0.15, 0.2) is 0 Å². The van der Waals surface area contributed by atoms with Crippen molar-refractivity contribution in [2.24, 2.45) is 0 Å². The Morgan fingerprint density at radius 3 is 2.69 bits per heavy atom. The maximum absolute atomic E-state index is 11.8. The summed E-state index contributed by atoms with van der Waals surface area (Å²) in [5, 5.41) is 9.36. The topological polar surface area (TPSA) is 53.0 Å². The monoisotopic (exact) mass is 228 g/mol. The number of aliphatic hydroxyl groups excluding tert-OH is 1. The van der Waals surface area contributed by atoms with E-state index in [1.54, 1.807) is 0 Å². The van der Waals surface area contributed by atoms with Gasteiger partial charge in [-0.05, 0) is 6.42 Å². The molecule has 5 heteroatoms. The average Bonchev–Trinajstić information content (AvgIpc) is 2.73. The molecule has 1 amide bonds. The van der Waals surface area contributed by atoms with Gasteiger partial charge >= 0.3 is 0 Å². The molecule has 1 N–H and O–H groups in total. The number of hydrogen-bond acceptors (Lipinski definition) is 4. The van der Waals surface area contributed by atoms with Gasteiger partial charge in [0.05, 0.1) is 19.3 Å². The van der Waals surface area contributed by atoms with Crippen LogP contribution in [0.4, 0.5) is 0 Å². The van der Waals surface area contributed by atoms with Gasteiger partial charge in [0.25, 0.3) is 0 Å². The van der Waals surface area contributed by atoms with Gasteiger partial charge in [-0.25, -0.2) is 0 Å². The summed E-state index contributed by atoms with van der Waals surface area (Å²) in [4.78, 5) is 15.8. The molecule has 92 valence electrons. The summed E-state index contributed by atoms with van der Waals surface area (Å²) >= 11 is 0. The molecule has 0 saturated carbocycles. The number of hydrogen-bond donors (Lipinski definition) is 1. The van der Waals surface area contributed by atoms with E-state index in [0.717, 1.165) is 39.1 Å². The highest BCUT2D eigenvalue weighted by Crippen LogP contribution is 2.09. The van der Waals surface area contributed by atoms with Crippen LogP contribution >= 0.6 is 0 Å². The Morgan fingerprint density at radius 1 is 1.31 bits per heavy atom. The highest BCUT2D eigenvalue weighted by atomic mass is 16.5. The van der Waals surface area contributed by atoms with Crippen LogP contribution in [0.15, 0.2) is 0 Å². The van der Waals surface area contributed by atoms with Crippen LogP contribution in [0.3, 0.4) is 0 Å². The van der Waals surface area contributed by atoms with E-state index >= 15 is 0 Å². The molecule has 0 aromatic rings. The van der Waals surface area contributed by atoms with Crippen molar-refractivity contribution in [1.29, 1.82) is 0 Å². The van der Waals surface area contributed by atoms with Crippen molar-refractivity contribution in [3.63, 3.8) is 0 Å². The highest BCUT2D eigenvalue weighted by molar-refractivity contribution is 5.76. The van der Waals surface area contributed by atoms with E-state index in [9.17, 15) is 9.90 Å². The van der Waals surface area contributed by atoms with Crippen LogP contribution in [-0.4, -0.2) is 72.9 Å². The molecule has 0 aromatic heterocycles. The van der Waals surface area contributed by atoms with E-state index in [2.05, 4.69) is 4.90 Å².